The number of aromatic hydroxyl groups is 1. The molecule has 1 saturated heterocycles. The van der Waals surface area contributed by atoms with Crippen molar-refractivity contribution in [3.63, 3.8) is 0 Å². The van der Waals surface area contributed by atoms with Gasteiger partial charge in [-0.15, -0.1) is 0 Å². The molecule has 0 radical (unpaired) electrons. The first kappa shape index (κ1) is 12.8. The molecule has 1 aromatic rings. The van der Waals surface area contributed by atoms with Gasteiger partial charge in [-0.25, -0.2) is 4.39 Å². The number of amides is 1. The van der Waals surface area contributed by atoms with Crippen molar-refractivity contribution in [3.05, 3.63) is 29.6 Å². The van der Waals surface area contributed by atoms with Gasteiger partial charge in [0.2, 0.25) is 0 Å². The van der Waals surface area contributed by atoms with Gasteiger partial charge in [-0.2, -0.15) is 0 Å². The number of benzene rings is 1. The van der Waals surface area contributed by atoms with Crippen LogP contribution in [0.3, 0.4) is 0 Å². The van der Waals surface area contributed by atoms with Gasteiger partial charge in [0.25, 0.3) is 5.91 Å². The summed E-state index contributed by atoms with van der Waals surface area (Å²) in [5, 5.41) is 12.5. The summed E-state index contributed by atoms with van der Waals surface area (Å²) in [6.07, 6.45) is 1.82. The number of hydrogen-bond donors (Lipinski definition) is 2. The normalized spacial score (nSPS) is 16.9. The Labute approximate surface area is 105 Å². The molecule has 1 aromatic carbocycles. The van der Waals surface area contributed by atoms with Crippen LogP contribution in [-0.2, 0) is 0 Å². The maximum absolute atomic E-state index is 12.9. The highest BCUT2D eigenvalue weighted by Crippen LogP contribution is 2.19. The highest BCUT2D eigenvalue weighted by Gasteiger charge is 2.23. The molecule has 0 atom stereocenters. The summed E-state index contributed by atoms with van der Waals surface area (Å²) in [4.78, 5) is 13.9. The van der Waals surface area contributed by atoms with E-state index in [1.54, 1.807) is 4.90 Å². The number of piperidine rings is 1. The summed E-state index contributed by atoms with van der Waals surface area (Å²) in [6.45, 7) is 1.37. The van der Waals surface area contributed by atoms with Crippen LogP contribution >= 0.6 is 0 Å². The minimum Gasteiger partial charge on any atom is -0.505 e. The summed E-state index contributed by atoms with van der Waals surface area (Å²) in [5.74, 6) is -1.34. The number of hydrogen-bond acceptors (Lipinski definition) is 3. The third-order valence-electron chi connectivity index (χ3n) is 3.38. The second-order valence-electron chi connectivity index (χ2n) is 4.52. The zero-order chi connectivity index (χ0) is 13.1. The summed E-state index contributed by atoms with van der Waals surface area (Å²) < 4.78 is 12.9. The van der Waals surface area contributed by atoms with Crippen LogP contribution in [0.15, 0.2) is 18.2 Å². The van der Waals surface area contributed by atoms with E-state index in [-0.39, 0.29) is 5.91 Å². The molecule has 1 aliphatic heterocycles. The SMILES string of the molecule is CNC1CCN(C(=O)c2ccc(F)c(O)c2)CC1. The average molecular weight is 252 g/mol. The largest absolute Gasteiger partial charge is 0.505 e. The first-order valence-electron chi connectivity index (χ1n) is 6.07. The fourth-order valence-corrected chi connectivity index (χ4v) is 2.20. The van der Waals surface area contributed by atoms with Crippen LogP contribution < -0.4 is 5.32 Å². The Hall–Kier alpha value is -1.62. The fraction of sp³-hybridized carbons (Fsp3) is 0.462. The van der Waals surface area contributed by atoms with Crippen molar-refractivity contribution in [2.24, 2.45) is 0 Å². The van der Waals surface area contributed by atoms with Crippen molar-refractivity contribution in [3.8, 4) is 5.75 Å². The van der Waals surface area contributed by atoms with Gasteiger partial charge < -0.3 is 15.3 Å². The van der Waals surface area contributed by atoms with Crippen LogP contribution in [0.1, 0.15) is 23.2 Å². The Bertz CT molecular complexity index is 443. The quantitative estimate of drug-likeness (QED) is 0.835. The lowest BCUT2D eigenvalue weighted by Crippen LogP contribution is -2.43. The van der Waals surface area contributed by atoms with Gasteiger partial charge in [0.1, 0.15) is 0 Å². The molecular formula is C13H17FN2O2. The van der Waals surface area contributed by atoms with E-state index >= 15 is 0 Å². The highest BCUT2D eigenvalue weighted by atomic mass is 19.1. The number of rotatable bonds is 2. The van der Waals surface area contributed by atoms with Gasteiger partial charge in [0.05, 0.1) is 0 Å². The Morgan fingerprint density at radius 3 is 2.67 bits per heavy atom. The smallest absolute Gasteiger partial charge is 0.253 e. The number of phenols is 1. The van der Waals surface area contributed by atoms with Gasteiger partial charge in [0, 0.05) is 24.7 Å². The van der Waals surface area contributed by atoms with Crippen LogP contribution in [0.4, 0.5) is 4.39 Å². The molecule has 1 heterocycles. The van der Waals surface area contributed by atoms with Gasteiger partial charge in [-0.3, -0.25) is 4.79 Å². The maximum Gasteiger partial charge on any atom is 0.253 e. The molecule has 0 bridgehead atoms. The number of phenolic OH excluding ortho intramolecular Hbond substituents is 1. The van der Waals surface area contributed by atoms with Gasteiger partial charge in [0.15, 0.2) is 11.6 Å². The third kappa shape index (κ3) is 2.61. The Balaban J connectivity index is 2.05. The minimum atomic E-state index is -0.708. The first-order chi connectivity index (χ1) is 8.61. The number of nitrogens with zero attached hydrogens (tertiary/aromatic N) is 1. The van der Waals surface area contributed by atoms with E-state index in [4.69, 9.17) is 0 Å². The lowest BCUT2D eigenvalue weighted by molar-refractivity contribution is 0.0707. The summed E-state index contributed by atoms with van der Waals surface area (Å²) in [6, 6.07) is 4.16. The van der Waals surface area contributed by atoms with Crippen molar-refractivity contribution in [1.82, 2.24) is 10.2 Å². The molecule has 98 valence electrons. The lowest BCUT2D eigenvalue weighted by Gasteiger charge is -2.31. The molecule has 0 saturated carbocycles. The van der Waals surface area contributed by atoms with Gasteiger partial charge >= 0.3 is 0 Å². The minimum absolute atomic E-state index is 0.153. The molecule has 2 N–H and O–H groups in total. The van der Waals surface area contributed by atoms with Crippen LogP contribution in [0.2, 0.25) is 0 Å². The molecule has 0 spiro atoms. The van der Waals surface area contributed by atoms with E-state index in [0.29, 0.717) is 24.7 Å². The van der Waals surface area contributed by atoms with Crippen LogP contribution in [-0.4, -0.2) is 42.1 Å². The Morgan fingerprint density at radius 2 is 2.11 bits per heavy atom. The predicted molar refractivity (Wildman–Crippen MR) is 66.1 cm³/mol. The molecule has 1 amide bonds. The highest BCUT2D eigenvalue weighted by molar-refractivity contribution is 5.94. The van der Waals surface area contributed by atoms with Crippen LogP contribution in [0.25, 0.3) is 0 Å². The number of nitrogens with one attached hydrogen (secondary N) is 1. The number of carbonyl (C=O) groups is 1. The Morgan fingerprint density at radius 1 is 1.44 bits per heavy atom. The van der Waals surface area contributed by atoms with Crippen molar-refractivity contribution >= 4 is 5.91 Å². The fourth-order valence-electron chi connectivity index (χ4n) is 2.20. The first-order valence-corrected chi connectivity index (χ1v) is 6.07. The third-order valence-corrected chi connectivity index (χ3v) is 3.38. The maximum atomic E-state index is 12.9. The molecule has 0 aromatic heterocycles. The molecule has 1 aliphatic rings. The number of likely N-dealkylation sites (tertiary alicyclic amines) is 1. The lowest BCUT2D eigenvalue weighted by atomic mass is 10.0. The predicted octanol–water partition coefficient (Wildman–Crippen LogP) is 1.36. The summed E-state index contributed by atoms with van der Waals surface area (Å²) in [7, 11) is 1.92. The number of carbonyl (C=O) groups excluding carboxylic acids is 1. The molecule has 0 aliphatic carbocycles. The zero-order valence-corrected chi connectivity index (χ0v) is 10.3. The van der Waals surface area contributed by atoms with Gasteiger partial charge in [-0.05, 0) is 38.1 Å². The Kier molecular flexibility index (Phi) is 3.81. The molecule has 4 nitrogen and oxygen atoms in total. The molecule has 2 rings (SSSR count). The molecule has 5 heteroatoms. The van der Waals surface area contributed by atoms with E-state index in [2.05, 4.69) is 5.32 Å². The van der Waals surface area contributed by atoms with Crippen molar-refractivity contribution < 1.29 is 14.3 Å². The molecule has 18 heavy (non-hydrogen) atoms. The topological polar surface area (TPSA) is 52.6 Å². The van der Waals surface area contributed by atoms with E-state index in [1.165, 1.54) is 12.1 Å². The van der Waals surface area contributed by atoms with Crippen molar-refractivity contribution in [2.45, 2.75) is 18.9 Å². The average Bonchev–Trinajstić information content (AvgIpc) is 2.41. The second-order valence-corrected chi connectivity index (χ2v) is 4.52. The standard InChI is InChI=1S/C13H17FN2O2/c1-15-10-4-6-16(7-5-10)13(18)9-2-3-11(14)12(17)8-9/h2-3,8,10,15,17H,4-7H2,1H3. The van der Waals surface area contributed by atoms with Crippen molar-refractivity contribution in [1.29, 1.82) is 0 Å². The zero-order valence-electron chi connectivity index (χ0n) is 10.3. The number of halogens is 1. The van der Waals surface area contributed by atoms with Crippen LogP contribution in [0, 0.1) is 5.82 Å². The molecular weight excluding hydrogens is 235 g/mol. The molecule has 0 unspecified atom stereocenters. The second kappa shape index (κ2) is 5.35. The van der Waals surface area contributed by atoms with Crippen LogP contribution in [0.5, 0.6) is 5.75 Å². The summed E-state index contributed by atoms with van der Waals surface area (Å²) in [5.41, 5.74) is 0.330. The van der Waals surface area contributed by atoms with Gasteiger partial charge in [-0.1, -0.05) is 0 Å². The summed E-state index contributed by atoms with van der Waals surface area (Å²) >= 11 is 0. The monoisotopic (exact) mass is 252 g/mol. The van der Waals surface area contributed by atoms with Crippen molar-refractivity contribution in [2.75, 3.05) is 20.1 Å². The van der Waals surface area contributed by atoms with E-state index in [0.717, 1.165) is 18.9 Å². The van der Waals surface area contributed by atoms with E-state index in [1.807, 2.05) is 7.05 Å². The molecule has 1 fully saturated rings. The van der Waals surface area contributed by atoms with E-state index < -0.39 is 11.6 Å². The van der Waals surface area contributed by atoms with E-state index in [9.17, 15) is 14.3 Å².